The van der Waals surface area contributed by atoms with Crippen LogP contribution >= 0.6 is 0 Å². The first-order valence-electron chi connectivity index (χ1n) is 18.6. The van der Waals surface area contributed by atoms with E-state index in [2.05, 4.69) is 172 Å². The molecule has 0 saturated carbocycles. The molecule has 0 saturated heterocycles. The van der Waals surface area contributed by atoms with Gasteiger partial charge in [-0.2, -0.15) is 0 Å². The van der Waals surface area contributed by atoms with E-state index < -0.39 is 0 Å². The van der Waals surface area contributed by atoms with Crippen LogP contribution in [-0.4, -0.2) is 12.6 Å². The normalized spacial score (nSPS) is 14.4. The summed E-state index contributed by atoms with van der Waals surface area (Å²) < 4.78 is 0. The molecule has 1 heterocycles. The first-order chi connectivity index (χ1) is 25.5. The molecule has 0 aromatic heterocycles. The Morgan fingerprint density at radius 1 is 0.769 bits per heavy atom. The van der Waals surface area contributed by atoms with Crippen LogP contribution in [0.25, 0.3) is 22.8 Å². The Kier molecular flexibility index (Phi) is 20.3. The molecule has 0 spiro atoms. The molecule has 0 amide bonds. The number of hydrogen-bond donors (Lipinski definition) is 2. The van der Waals surface area contributed by atoms with Crippen LogP contribution < -0.4 is 10.6 Å². The Labute approximate surface area is 316 Å². The highest BCUT2D eigenvalue weighted by molar-refractivity contribution is 5.89. The highest BCUT2D eigenvalue weighted by atomic mass is 14.9. The molecular weight excluding hydrogens is 629 g/mol. The number of nitrogens with one attached hydrogen (secondary N) is 2. The first kappa shape index (κ1) is 42.7. The maximum Gasteiger partial charge on any atom is 0.0516 e. The molecule has 270 valence electrons. The lowest BCUT2D eigenvalue weighted by molar-refractivity contribution is 0.555. The van der Waals surface area contributed by atoms with Crippen molar-refractivity contribution in [2.45, 2.75) is 60.5 Å². The number of para-hydroxylation sites is 1. The minimum Gasteiger partial charge on any atom is -0.381 e. The molecule has 52 heavy (non-hydrogen) atoms. The molecular formula is C50H60N2. The van der Waals surface area contributed by atoms with Crippen LogP contribution in [0.4, 0.5) is 5.69 Å². The predicted octanol–water partition coefficient (Wildman–Crippen LogP) is 13.9. The minimum atomic E-state index is -0.115. The Morgan fingerprint density at radius 2 is 1.48 bits per heavy atom. The van der Waals surface area contributed by atoms with Crippen LogP contribution in [0.3, 0.4) is 0 Å². The third-order valence-electron chi connectivity index (χ3n) is 8.23. The van der Waals surface area contributed by atoms with Crippen LogP contribution in [0, 0.1) is 0 Å². The van der Waals surface area contributed by atoms with E-state index in [-0.39, 0.29) is 12.1 Å². The van der Waals surface area contributed by atoms with Crippen molar-refractivity contribution in [3.05, 3.63) is 211 Å². The van der Waals surface area contributed by atoms with Crippen molar-refractivity contribution in [1.82, 2.24) is 5.32 Å². The summed E-state index contributed by atoms with van der Waals surface area (Å²) in [7, 11) is 0. The van der Waals surface area contributed by atoms with Crippen LogP contribution in [0.2, 0.25) is 0 Å². The molecule has 3 aromatic carbocycles. The molecule has 2 unspecified atom stereocenters. The van der Waals surface area contributed by atoms with Crippen molar-refractivity contribution in [2.24, 2.45) is 0 Å². The largest absolute Gasteiger partial charge is 0.381 e. The Balaban J connectivity index is 0.00000226. The average molecular weight is 689 g/mol. The van der Waals surface area contributed by atoms with Crippen molar-refractivity contribution in [3.8, 4) is 0 Å². The highest BCUT2D eigenvalue weighted by Crippen LogP contribution is 2.33. The van der Waals surface area contributed by atoms with Crippen LogP contribution in [0.15, 0.2) is 183 Å². The fourth-order valence-electron chi connectivity index (χ4n) is 5.67. The summed E-state index contributed by atoms with van der Waals surface area (Å²) in [6.45, 7) is 27.0. The monoisotopic (exact) mass is 688 g/mol. The lowest BCUT2D eigenvalue weighted by Gasteiger charge is -2.25. The zero-order chi connectivity index (χ0) is 38.1. The lowest BCUT2D eigenvalue weighted by Crippen LogP contribution is -2.31. The minimum absolute atomic E-state index is 0.0975. The fourth-order valence-corrected chi connectivity index (χ4v) is 5.67. The summed E-state index contributed by atoms with van der Waals surface area (Å²) in [6, 6.07) is 25.7. The van der Waals surface area contributed by atoms with Gasteiger partial charge in [0, 0.05) is 23.8 Å². The van der Waals surface area contributed by atoms with E-state index in [0.717, 1.165) is 45.6 Å². The number of hydrogen-bond acceptors (Lipinski definition) is 2. The van der Waals surface area contributed by atoms with Gasteiger partial charge < -0.3 is 10.6 Å². The van der Waals surface area contributed by atoms with Crippen LogP contribution in [0.1, 0.15) is 82.3 Å². The van der Waals surface area contributed by atoms with Crippen LogP contribution in [0.5, 0.6) is 0 Å². The molecule has 2 N–H and O–H groups in total. The second kappa shape index (κ2) is 24.7. The third-order valence-corrected chi connectivity index (χ3v) is 8.23. The van der Waals surface area contributed by atoms with Crippen molar-refractivity contribution in [1.29, 1.82) is 0 Å². The van der Waals surface area contributed by atoms with Crippen molar-refractivity contribution in [3.63, 3.8) is 0 Å². The van der Waals surface area contributed by atoms with Gasteiger partial charge in [0.2, 0.25) is 0 Å². The SMILES string of the molecule is C=C\C=C/C=C(\C=C(/C=C/C=C/C)c1cccc2c1NCC=C2)C(/C=C(\C)c1ccc(/C(C=C)=C/C=C)cc1)NC(C)c1ccccc1.CC.CC. The summed E-state index contributed by atoms with van der Waals surface area (Å²) in [5.74, 6) is 0. The van der Waals surface area contributed by atoms with Gasteiger partial charge in [-0.05, 0) is 71.4 Å². The molecule has 2 atom stereocenters. The van der Waals surface area contributed by atoms with E-state index in [9.17, 15) is 0 Å². The van der Waals surface area contributed by atoms with Crippen molar-refractivity contribution >= 4 is 28.5 Å². The van der Waals surface area contributed by atoms with E-state index in [1.54, 1.807) is 6.08 Å². The smallest absolute Gasteiger partial charge is 0.0516 e. The van der Waals surface area contributed by atoms with Crippen molar-refractivity contribution in [2.75, 3.05) is 11.9 Å². The van der Waals surface area contributed by atoms with Crippen LogP contribution in [-0.2, 0) is 0 Å². The predicted molar refractivity (Wildman–Crippen MR) is 236 cm³/mol. The van der Waals surface area contributed by atoms with Gasteiger partial charge in [-0.15, -0.1) is 0 Å². The molecule has 0 radical (unpaired) electrons. The number of rotatable bonds is 15. The van der Waals surface area contributed by atoms with Gasteiger partial charge in [-0.3, -0.25) is 0 Å². The van der Waals surface area contributed by atoms with Gasteiger partial charge in [-0.1, -0.05) is 205 Å². The second-order valence-corrected chi connectivity index (χ2v) is 11.6. The summed E-state index contributed by atoms with van der Waals surface area (Å²) in [6.07, 6.45) is 31.1. The van der Waals surface area contributed by atoms with Gasteiger partial charge in [0.05, 0.1) is 6.04 Å². The zero-order valence-electron chi connectivity index (χ0n) is 32.6. The van der Waals surface area contributed by atoms with E-state index in [1.807, 2.05) is 65.0 Å². The summed E-state index contributed by atoms with van der Waals surface area (Å²) in [5.41, 5.74) is 11.5. The first-order valence-corrected chi connectivity index (χ1v) is 18.6. The number of anilines is 1. The van der Waals surface area contributed by atoms with Gasteiger partial charge in [-0.25, -0.2) is 0 Å². The topological polar surface area (TPSA) is 24.1 Å². The highest BCUT2D eigenvalue weighted by Gasteiger charge is 2.18. The van der Waals surface area contributed by atoms with Gasteiger partial charge >= 0.3 is 0 Å². The molecule has 3 aromatic rings. The number of fused-ring (bicyclic) bond motifs is 1. The summed E-state index contributed by atoms with van der Waals surface area (Å²) in [4.78, 5) is 0. The Morgan fingerprint density at radius 3 is 2.13 bits per heavy atom. The molecule has 2 nitrogen and oxygen atoms in total. The average Bonchev–Trinajstić information content (AvgIpc) is 3.20. The standard InChI is InChI=1S/C46H48N2.2C2H6/c1-7-11-14-23-42(44-27-18-25-41-26-19-32-47-46(41)44)34-43(24-15-12-8-2)45(48-36(6)39-21-16-13-17-22-39)33-35(5)38-28-30-40(31-29-38)37(10-4)20-9-3;2*1-2/h7-31,33-34,36,45,47-48H,2-4,32H2,1,5-6H3;2*1-2H3/b11-7+,15-12-,23-14+,35-33+,37-20+,42-34+,43-24+;;. The molecule has 0 bridgehead atoms. The molecule has 0 aliphatic carbocycles. The van der Waals surface area contributed by atoms with E-state index in [4.69, 9.17) is 0 Å². The van der Waals surface area contributed by atoms with E-state index in [0.29, 0.717) is 0 Å². The second-order valence-electron chi connectivity index (χ2n) is 11.6. The maximum atomic E-state index is 3.97. The maximum absolute atomic E-state index is 3.97. The fraction of sp³-hybridized carbons (Fsp3) is 0.200. The lowest BCUT2D eigenvalue weighted by atomic mass is 9.92. The van der Waals surface area contributed by atoms with Gasteiger partial charge in [0.15, 0.2) is 0 Å². The summed E-state index contributed by atoms with van der Waals surface area (Å²) in [5, 5.41) is 7.57. The Bertz CT molecular complexity index is 1800. The van der Waals surface area contributed by atoms with E-state index >= 15 is 0 Å². The molecule has 0 fully saturated rings. The third kappa shape index (κ3) is 13.0. The van der Waals surface area contributed by atoms with Gasteiger partial charge in [0.25, 0.3) is 0 Å². The quantitative estimate of drug-likeness (QED) is 0.155. The molecule has 1 aliphatic heterocycles. The summed E-state index contributed by atoms with van der Waals surface area (Å²) >= 11 is 0. The Hall–Kier alpha value is -5.44. The number of allylic oxidation sites excluding steroid dienone is 14. The van der Waals surface area contributed by atoms with Gasteiger partial charge in [0.1, 0.15) is 0 Å². The number of benzene rings is 3. The zero-order valence-corrected chi connectivity index (χ0v) is 32.6. The molecule has 1 aliphatic rings. The van der Waals surface area contributed by atoms with E-state index in [1.165, 1.54) is 16.7 Å². The molecule has 2 heteroatoms. The molecule has 4 rings (SSSR count). The van der Waals surface area contributed by atoms with Crippen molar-refractivity contribution < 1.29 is 0 Å².